The lowest BCUT2D eigenvalue weighted by molar-refractivity contribution is 0.104. The number of carbonyl (C=O) groups is 1. The lowest BCUT2D eigenvalue weighted by Crippen LogP contribution is -2.03. The zero-order valence-corrected chi connectivity index (χ0v) is 10.2. The molecule has 102 valence electrons. The van der Waals surface area contributed by atoms with Crippen molar-refractivity contribution in [2.75, 3.05) is 5.73 Å². The Kier molecular flexibility index (Phi) is 3.89. The quantitative estimate of drug-likeness (QED) is 0.403. The molecule has 5 heteroatoms. The van der Waals surface area contributed by atoms with Crippen LogP contribution in [0.4, 0.5) is 18.9 Å². The molecule has 0 saturated carbocycles. The summed E-state index contributed by atoms with van der Waals surface area (Å²) in [4.78, 5) is 11.7. The highest BCUT2D eigenvalue weighted by molar-refractivity contribution is 6.07. The standard InChI is InChI=1S/C15H10F3NO/c16-12-7-6-11(14(17)15(12)18)13(20)8-3-9-1-4-10(19)5-2-9/h1-8H,19H2/b8-3+. The fraction of sp³-hybridized carbons (Fsp3) is 0. The van der Waals surface area contributed by atoms with E-state index in [1.54, 1.807) is 24.3 Å². The molecule has 0 radical (unpaired) electrons. The van der Waals surface area contributed by atoms with Crippen molar-refractivity contribution in [1.82, 2.24) is 0 Å². The number of hydrogen-bond donors (Lipinski definition) is 1. The summed E-state index contributed by atoms with van der Waals surface area (Å²) in [7, 11) is 0. The van der Waals surface area contributed by atoms with Crippen LogP contribution >= 0.6 is 0 Å². The van der Waals surface area contributed by atoms with E-state index in [0.717, 1.165) is 12.1 Å². The minimum atomic E-state index is -1.66. The average molecular weight is 277 g/mol. The number of allylic oxidation sites excluding steroid dienone is 1. The van der Waals surface area contributed by atoms with Gasteiger partial charge < -0.3 is 5.73 Å². The predicted molar refractivity (Wildman–Crippen MR) is 70.5 cm³/mol. The molecule has 0 bridgehead atoms. The Morgan fingerprint density at radius 3 is 2.25 bits per heavy atom. The first kappa shape index (κ1) is 13.9. The number of carbonyl (C=O) groups excluding carboxylic acids is 1. The van der Waals surface area contributed by atoms with E-state index in [-0.39, 0.29) is 0 Å². The number of nitrogen functional groups attached to an aromatic ring is 1. The lowest BCUT2D eigenvalue weighted by atomic mass is 10.1. The molecule has 0 amide bonds. The Bertz CT molecular complexity index is 678. The fourth-order valence-corrected chi connectivity index (χ4v) is 1.59. The number of hydrogen-bond acceptors (Lipinski definition) is 2. The summed E-state index contributed by atoms with van der Waals surface area (Å²) in [6, 6.07) is 8.23. The lowest BCUT2D eigenvalue weighted by Gasteiger charge is -2.01. The topological polar surface area (TPSA) is 43.1 Å². The first-order chi connectivity index (χ1) is 9.49. The predicted octanol–water partition coefficient (Wildman–Crippen LogP) is 3.58. The van der Waals surface area contributed by atoms with Crippen molar-refractivity contribution in [3.63, 3.8) is 0 Å². The molecule has 0 unspecified atom stereocenters. The van der Waals surface area contributed by atoms with E-state index in [0.29, 0.717) is 17.3 Å². The van der Waals surface area contributed by atoms with E-state index >= 15 is 0 Å². The highest BCUT2D eigenvalue weighted by atomic mass is 19.2. The van der Waals surface area contributed by atoms with Gasteiger partial charge in [0.25, 0.3) is 0 Å². The molecule has 0 heterocycles. The first-order valence-electron chi connectivity index (χ1n) is 5.70. The number of rotatable bonds is 3. The van der Waals surface area contributed by atoms with E-state index in [1.807, 2.05) is 0 Å². The SMILES string of the molecule is Nc1ccc(/C=C/C(=O)c2ccc(F)c(F)c2F)cc1. The van der Waals surface area contributed by atoms with Gasteiger partial charge in [-0.05, 0) is 35.9 Å². The van der Waals surface area contributed by atoms with Crippen LogP contribution in [0.2, 0.25) is 0 Å². The summed E-state index contributed by atoms with van der Waals surface area (Å²) in [5.74, 6) is -5.23. The smallest absolute Gasteiger partial charge is 0.195 e. The number of ketones is 1. The summed E-state index contributed by atoms with van der Waals surface area (Å²) in [6.45, 7) is 0. The molecule has 0 aliphatic carbocycles. The zero-order valence-electron chi connectivity index (χ0n) is 10.2. The zero-order chi connectivity index (χ0) is 14.7. The van der Waals surface area contributed by atoms with Gasteiger partial charge in [-0.15, -0.1) is 0 Å². The van der Waals surface area contributed by atoms with Crippen molar-refractivity contribution in [1.29, 1.82) is 0 Å². The molecular weight excluding hydrogens is 267 g/mol. The maximum Gasteiger partial charge on any atom is 0.195 e. The van der Waals surface area contributed by atoms with Crippen LogP contribution in [-0.2, 0) is 0 Å². The Hall–Kier alpha value is -2.56. The molecule has 0 aromatic heterocycles. The summed E-state index contributed by atoms with van der Waals surface area (Å²) in [6.07, 6.45) is 2.52. The third-order valence-corrected chi connectivity index (χ3v) is 2.66. The first-order valence-corrected chi connectivity index (χ1v) is 5.70. The number of halogens is 3. The van der Waals surface area contributed by atoms with E-state index in [4.69, 9.17) is 5.73 Å². The van der Waals surface area contributed by atoms with Gasteiger partial charge in [-0.1, -0.05) is 18.2 Å². The van der Waals surface area contributed by atoms with Gasteiger partial charge >= 0.3 is 0 Å². The second-order valence-corrected chi connectivity index (χ2v) is 4.09. The van der Waals surface area contributed by atoms with Gasteiger partial charge in [0.2, 0.25) is 0 Å². The van der Waals surface area contributed by atoms with Crippen LogP contribution in [0, 0.1) is 17.5 Å². The molecule has 20 heavy (non-hydrogen) atoms. The van der Waals surface area contributed by atoms with Crippen molar-refractivity contribution >= 4 is 17.5 Å². The highest BCUT2D eigenvalue weighted by Crippen LogP contribution is 2.16. The van der Waals surface area contributed by atoms with Crippen molar-refractivity contribution in [3.8, 4) is 0 Å². The van der Waals surface area contributed by atoms with Gasteiger partial charge in [0.1, 0.15) is 0 Å². The average Bonchev–Trinajstić information content (AvgIpc) is 2.44. The van der Waals surface area contributed by atoms with Crippen LogP contribution in [0.25, 0.3) is 6.08 Å². The molecule has 0 fully saturated rings. The third kappa shape index (κ3) is 2.88. The number of benzene rings is 2. The van der Waals surface area contributed by atoms with Crippen LogP contribution in [0.1, 0.15) is 15.9 Å². The molecular formula is C15H10F3NO. The normalized spacial score (nSPS) is 10.9. The minimum absolute atomic E-state index is 0.518. The van der Waals surface area contributed by atoms with Gasteiger partial charge in [0, 0.05) is 5.69 Å². The Balaban J connectivity index is 2.24. The van der Waals surface area contributed by atoms with Crippen molar-refractivity contribution in [3.05, 3.63) is 71.1 Å². The van der Waals surface area contributed by atoms with E-state index in [9.17, 15) is 18.0 Å². The molecule has 2 nitrogen and oxygen atoms in total. The monoisotopic (exact) mass is 277 g/mol. The summed E-state index contributed by atoms with van der Waals surface area (Å²) >= 11 is 0. The minimum Gasteiger partial charge on any atom is -0.399 e. The highest BCUT2D eigenvalue weighted by Gasteiger charge is 2.16. The Labute approximate surface area is 113 Å². The molecule has 2 N–H and O–H groups in total. The fourth-order valence-electron chi connectivity index (χ4n) is 1.59. The van der Waals surface area contributed by atoms with Gasteiger partial charge in [0.15, 0.2) is 23.2 Å². The second kappa shape index (κ2) is 5.61. The molecule has 0 aliphatic rings. The van der Waals surface area contributed by atoms with Gasteiger partial charge in [-0.25, -0.2) is 13.2 Å². The second-order valence-electron chi connectivity index (χ2n) is 4.09. The van der Waals surface area contributed by atoms with Crippen molar-refractivity contribution < 1.29 is 18.0 Å². The molecule has 0 saturated heterocycles. The van der Waals surface area contributed by atoms with Gasteiger partial charge in [0.05, 0.1) is 5.56 Å². The molecule has 2 aromatic carbocycles. The summed E-state index contributed by atoms with van der Waals surface area (Å²) < 4.78 is 39.2. The molecule has 0 aliphatic heterocycles. The largest absolute Gasteiger partial charge is 0.399 e. The van der Waals surface area contributed by atoms with Crippen molar-refractivity contribution in [2.45, 2.75) is 0 Å². The van der Waals surface area contributed by atoms with Crippen LogP contribution in [0.5, 0.6) is 0 Å². The summed E-state index contributed by atoms with van der Waals surface area (Å²) in [5.41, 5.74) is 6.23. The van der Waals surface area contributed by atoms with Crippen molar-refractivity contribution in [2.24, 2.45) is 0 Å². The molecule has 2 rings (SSSR count). The molecule has 0 atom stereocenters. The van der Waals surface area contributed by atoms with Gasteiger partial charge in [-0.2, -0.15) is 0 Å². The van der Waals surface area contributed by atoms with Crippen LogP contribution in [0.3, 0.4) is 0 Å². The van der Waals surface area contributed by atoms with E-state index in [2.05, 4.69) is 0 Å². The Morgan fingerprint density at radius 1 is 0.950 bits per heavy atom. The Morgan fingerprint density at radius 2 is 1.60 bits per heavy atom. The third-order valence-electron chi connectivity index (χ3n) is 2.66. The number of anilines is 1. The number of nitrogens with two attached hydrogens (primary N) is 1. The maximum absolute atomic E-state index is 13.4. The van der Waals surface area contributed by atoms with Crippen LogP contribution in [-0.4, -0.2) is 5.78 Å². The summed E-state index contributed by atoms with van der Waals surface area (Å²) in [5, 5.41) is 0. The maximum atomic E-state index is 13.4. The van der Waals surface area contributed by atoms with E-state index < -0.39 is 28.8 Å². The molecule has 0 spiro atoms. The van der Waals surface area contributed by atoms with E-state index in [1.165, 1.54) is 6.08 Å². The molecule has 2 aromatic rings. The van der Waals surface area contributed by atoms with Crippen LogP contribution < -0.4 is 5.73 Å². The van der Waals surface area contributed by atoms with Crippen LogP contribution in [0.15, 0.2) is 42.5 Å². The van der Waals surface area contributed by atoms with Gasteiger partial charge in [-0.3, -0.25) is 4.79 Å².